The molecule has 0 spiro atoms. The second-order valence-corrected chi connectivity index (χ2v) is 11.4. The molecule has 48 heavy (non-hydrogen) atoms. The minimum Gasteiger partial charge on any atom is -0.384 e. The Morgan fingerprint density at radius 1 is 1.00 bits per heavy atom. The van der Waals surface area contributed by atoms with Crippen LogP contribution in [-0.4, -0.2) is 73.6 Å². The summed E-state index contributed by atoms with van der Waals surface area (Å²) in [5, 5.41) is 8.02. The number of aromatic nitrogens is 3. The second-order valence-electron chi connectivity index (χ2n) is 11.4. The topological polar surface area (TPSA) is 251 Å². The van der Waals surface area contributed by atoms with Crippen LogP contribution in [-0.2, 0) is 27.5 Å². The lowest BCUT2D eigenvalue weighted by atomic mass is 10.0. The zero-order chi connectivity index (χ0) is 34.7. The average molecular weight is 662 g/mol. The SMILES string of the molecule is CCn1c(=O)n(CC(=O)NCCCCCCNc2cccc3c2C(=O)N(C2CCC(=O)NC2=O)C3=O)c(=O)c2cc(C(N)=O)c(N)nc21. The molecule has 0 radical (unpaired) electrons. The number of carbonyl (C=O) groups excluding carboxylic acids is 6. The van der Waals surface area contributed by atoms with Gasteiger partial charge in [0.2, 0.25) is 17.7 Å². The Morgan fingerprint density at radius 2 is 1.73 bits per heavy atom. The smallest absolute Gasteiger partial charge is 0.333 e. The Kier molecular flexibility index (Phi) is 9.67. The summed E-state index contributed by atoms with van der Waals surface area (Å²) in [6.45, 7) is 2.07. The van der Waals surface area contributed by atoms with Crippen molar-refractivity contribution >= 4 is 58.0 Å². The van der Waals surface area contributed by atoms with Gasteiger partial charge in [0.15, 0.2) is 5.65 Å². The number of pyridine rings is 1. The third kappa shape index (κ3) is 6.38. The van der Waals surface area contributed by atoms with Crippen molar-refractivity contribution in [2.75, 3.05) is 24.1 Å². The predicted octanol–water partition coefficient (Wildman–Crippen LogP) is -0.551. The first kappa shape index (κ1) is 33.5. The van der Waals surface area contributed by atoms with Gasteiger partial charge in [0.25, 0.3) is 23.3 Å². The van der Waals surface area contributed by atoms with Gasteiger partial charge in [-0.05, 0) is 44.4 Å². The molecule has 3 aromatic rings. The van der Waals surface area contributed by atoms with Crippen LogP contribution in [0.15, 0.2) is 33.9 Å². The number of primary amides is 1. The van der Waals surface area contributed by atoms with Gasteiger partial charge in [-0.1, -0.05) is 18.9 Å². The predicted molar refractivity (Wildman–Crippen MR) is 172 cm³/mol. The number of rotatable bonds is 13. The van der Waals surface area contributed by atoms with Gasteiger partial charge in [0.05, 0.1) is 22.1 Å². The van der Waals surface area contributed by atoms with Crippen LogP contribution in [0.25, 0.3) is 11.0 Å². The number of hydrogen-bond acceptors (Lipinski definition) is 11. The normalized spacial score (nSPS) is 15.9. The third-order valence-corrected chi connectivity index (χ3v) is 8.32. The number of aryl methyl sites for hydroxylation is 1. The molecule has 2 aliphatic rings. The van der Waals surface area contributed by atoms with Crippen LogP contribution in [0.5, 0.6) is 0 Å². The van der Waals surface area contributed by atoms with Crippen LogP contribution in [0.2, 0.25) is 0 Å². The fourth-order valence-corrected chi connectivity index (χ4v) is 5.89. The highest BCUT2D eigenvalue weighted by atomic mass is 16.2. The van der Waals surface area contributed by atoms with E-state index >= 15 is 0 Å². The van der Waals surface area contributed by atoms with Gasteiger partial charge < -0.3 is 22.1 Å². The van der Waals surface area contributed by atoms with Crippen molar-refractivity contribution in [3.05, 3.63) is 61.8 Å². The van der Waals surface area contributed by atoms with Gasteiger partial charge in [0.1, 0.15) is 18.4 Å². The van der Waals surface area contributed by atoms with Crippen molar-refractivity contribution in [2.45, 2.75) is 64.6 Å². The molecule has 7 N–H and O–H groups in total. The molecule has 1 aromatic carbocycles. The van der Waals surface area contributed by atoms with E-state index < -0.39 is 59.3 Å². The zero-order valence-corrected chi connectivity index (χ0v) is 26.2. The molecule has 252 valence electrons. The minimum atomic E-state index is -1.04. The van der Waals surface area contributed by atoms with E-state index in [4.69, 9.17) is 11.5 Å². The van der Waals surface area contributed by atoms with Crippen LogP contribution in [0.1, 0.15) is 76.5 Å². The molecule has 2 aliphatic heterocycles. The number of piperidine rings is 1. The van der Waals surface area contributed by atoms with E-state index in [2.05, 4.69) is 20.9 Å². The van der Waals surface area contributed by atoms with E-state index in [0.717, 1.165) is 22.3 Å². The average Bonchev–Trinajstić information content (AvgIpc) is 3.30. The van der Waals surface area contributed by atoms with Crippen LogP contribution in [0, 0.1) is 0 Å². The summed E-state index contributed by atoms with van der Waals surface area (Å²) in [6, 6.07) is 5.00. The number of unbranched alkanes of at least 4 members (excludes halogenated alkanes) is 3. The molecule has 17 nitrogen and oxygen atoms in total. The maximum absolute atomic E-state index is 13.2. The number of nitrogens with one attached hydrogen (secondary N) is 3. The summed E-state index contributed by atoms with van der Waals surface area (Å²) < 4.78 is 1.96. The van der Waals surface area contributed by atoms with Gasteiger partial charge in [-0.3, -0.25) is 52.9 Å². The number of nitrogens with zero attached hydrogens (tertiary/aromatic N) is 4. The fourth-order valence-electron chi connectivity index (χ4n) is 5.89. The Hall–Kier alpha value is -5.87. The quantitative estimate of drug-likeness (QED) is 0.115. The number of fused-ring (bicyclic) bond motifs is 2. The van der Waals surface area contributed by atoms with Crippen molar-refractivity contribution in [1.29, 1.82) is 0 Å². The number of anilines is 2. The molecule has 2 aromatic heterocycles. The maximum Gasteiger partial charge on any atom is 0.333 e. The second kappa shape index (κ2) is 13.9. The highest BCUT2D eigenvalue weighted by molar-refractivity contribution is 6.25. The maximum atomic E-state index is 13.2. The third-order valence-electron chi connectivity index (χ3n) is 8.32. The lowest BCUT2D eigenvalue weighted by Gasteiger charge is -2.27. The number of hydrogen-bond donors (Lipinski definition) is 5. The standard InChI is InChI=1S/C31H35N9O8/c1-2-38-26-18(14-17(25(33)43)24(32)37-26)28(45)39(31(38)48)15-22(42)35-13-6-4-3-5-12-34-19-9-7-8-16-23(19)30(47)40(29(16)46)20-10-11-21(41)36-27(20)44/h7-9,14,20,34H,2-6,10-13,15H2,1H3,(H2,32,37)(H2,33,43)(H,35,42)(H,36,41,44). The molecule has 4 heterocycles. The molecular formula is C31H35N9O8. The molecule has 17 heteroatoms. The van der Waals surface area contributed by atoms with E-state index in [-0.39, 0.29) is 52.9 Å². The van der Waals surface area contributed by atoms with E-state index in [1.165, 1.54) is 16.7 Å². The van der Waals surface area contributed by atoms with E-state index in [0.29, 0.717) is 31.6 Å². The number of carbonyl (C=O) groups is 6. The van der Waals surface area contributed by atoms with Crippen molar-refractivity contribution in [3.63, 3.8) is 0 Å². The van der Waals surface area contributed by atoms with Crippen LogP contribution < -0.4 is 38.7 Å². The van der Waals surface area contributed by atoms with Crippen molar-refractivity contribution in [3.8, 4) is 0 Å². The van der Waals surface area contributed by atoms with Gasteiger partial charge in [-0.2, -0.15) is 0 Å². The molecule has 1 fully saturated rings. The van der Waals surface area contributed by atoms with Gasteiger partial charge in [-0.25, -0.2) is 9.78 Å². The number of amides is 6. The zero-order valence-electron chi connectivity index (χ0n) is 26.2. The molecule has 0 saturated carbocycles. The summed E-state index contributed by atoms with van der Waals surface area (Å²) in [5.41, 5.74) is 10.3. The lowest BCUT2D eigenvalue weighted by molar-refractivity contribution is -0.136. The minimum absolute atomic E-state index is 0.00733. The molecule has 0 aliphatic carbocycles. The molecule has 1 saturated heterocycles. The first-order valence-electron chi connectivity index (χ1n) is 15.5. The molecule has 5 rings (SSSR count). The number of imide groups is 2. The summed E-state index contributed by atoms with van der Waals surface area (Å²) in [7, 11) is 0. The summed E-state index contributed by atoms with van der Waals surface area (Å²) >= 11 is 0. The summed E-state index contributed by atoms with van der Waals surface area (Å²) in [6.07, 6.45) is 2.97. The number of nitrogens with two attached hydrogens (primary N) is 2. The number of benzene rings is 1. The summed E-state index contributed by atoms with van der Waals surface area (Å²) in [5.74, 6) is -3.90. The van der Waals surface area contributed by atoms with Crippen molar-refractivity contribution in [2.24, 2.45) is 5.73 Å². The largest absolute Gasteiger partial charge is 0.384 e. The van der Waals surface area contributed by atoms with Gasteiger partial charge >= 0.3 is 5.69 Å². The van der Waals surface area contributed by atoms with Crippen molar-refractivity contribution in [1.82, 2.24) is 29.7 Å². The Balaban J connectivity index is 1.10. The fraction of sp³-hybridized carbons (Fsp3) is 0.387. The van der Waals surface area contributed by atoms with E-state index in [1.54, 1.807) is 19.1 Å². The van der Waals surface area contributed by atoms with Gasteiger partial charge in [0, 0.05) is 31.7 Å². The van der Waals surface area contributed by atoms with E-state index in [9.17, 15) is 38.4 Å². The Morgan fingerprint density at radius 3 is 2.42 bits per heavy atom. The monoisotopic (exact) mass is 661 g/mol. The molecule has 1 atom stereocenters. The first-order chi connectivity index (χ1) is 22.9. The Bertz CT molecular complexity index is 1980. The van der Waals surface area contributed by atoms with Crippen LogP contribution in [0.4, 0.5) is 11.5 Å². The van der Waals surface area contributed by atoms with Gasteiger partial charge in [-0.15, -0.1) is 0 Å². The molecule has 1 unspecified atom stereocenters. The molecule has 6 amide bonds. The Labute approximate surface area is 272 Å². The molecular weight excluding hydrogens is 626 g/mol. The highest BCUT2D eigenvalue weighted by Gasteiger charge is 2.45. The highest BCUT2D eigenvalue weighted by Crippen LogP contribution is 2.32. The lowest BCUT2D eigenvalue weighted by Crippen LogP contribution is -2.54. The molecule has 0 bridgehead atoms. The van der Waals surface area contributed by atoms with E-state index in [1.807, 2.05) is 0 Å². The van der Waals surface area contributed by atoms with Crippen LogP contribution in [0.3, 0.4) is 0 Å². The summed E-state index contributed by atoms with van der Waals surface area (Å²) in [4.78, 5) is 105. The van der Waals surface area contributed by atoms with Crippen molar-refractivity contribution < 1.29 is 28.8 Å². The number of nitrogen functional groups attached to an aromatic ring is 1. The first-order valence-corrected chi connectivity index (χ1v) is 15.5. The van der Waals surface area contributed by atoms with Crippen LogP contribution >= 0.6 is 0 Å².